The average Bonchev–Trinajstić information content (AvgIpc) is 2.92. The first kappa shape index (κ1) is 14.4. The number of rotatable bonds is 6. The molecule has 106 valence electrons. The Bertz CT molecular complexity index is 399. The Morgan fingerprint density at radius 1 is 1.26 bits per heavy atom. The van der Waals surface area contributed by atoms with Crippen molar-refractivity contribution < 1.29 is 9.47 Å². The molecular formula is C16H25NO2. The summed E-state index contributed by atoms with van der Waals surface area (Å²) in [6, 6.07) is 8.46. The van der Waals surface area contributed by atoms with E-state index in [0.717, 1.165) is 18.6 Å². The summed E-state index contributed by atoms with van der Waals surface area (Å²) in [5, 5.41) is 3.45. The Balaban J connectivity index is 2.35. The van der Waals surface area contributed by atoms with Crippen molar-refractivity contribution in [3.05, 3.63) is 29.8 Å². The summed E-state index contributed by atoms with van der Waals surface area (Å²) in [6.07, 6.45) is 4.69. The molecular weight excluding hydrogens is 238 g/mol. The van der Waals surface area contributed by atoms with E-state index in [4.69, 9.17) is 9.47 Å². The Kier molecular flexibility index (Phi) is 4.83. The lowest BCUT2D eigenvalue weighted by Crippen LogP contribution is -2.42. The first-order valence-corrected chi connectivity index (χ1v) is 7.21. The van der Waals surface area contributed by atoms with Crippen LogP contribution < -0.4 is 10.1 Å². The van der Waals surface area contributed by atoms with Crippen molar-refractivity contribution in [3.63, 3.8) is 0 Å². The summed E-state index contributed by atoms with van der Waals surface area (Å²) >= 11 is 0. The van der Waals surface area contributed by atoms with Gasteiger partial charge in [0.25, 0.3) is 0 Å². The van der Waals surface area contributed by atoms with Crippen LogP contribution >= 0.6 is 0 Å². The lowest BCUT2D eigenvalue weighted by Gasteiger charge is -2.37. The molecule has 3 heteroatoms. The molecule has 0 aliphatic heterocycles. The second-order valence-corrected chi connectivity index (χ2v) is 5.17. The molecule has 1 fully saturated rings. The monoisotopic (exact) mass is 263 g/mol. The Morgan fingerprint density at radius 2 is 1.95 bits per heavy atom. The summed E-state index contributed by atoms with van der Waals surface area (Å²) in [5.74, 6) is 0.965. The predicted molar refractivity (Wildman–Crippen MR) is 77.6 cm³/mol. The van der Waals surface area contributed by atoms with Crippen LogP contribution in [0.5, 0.6) is 5.75 Å². The zero-order valence-electron chi connectivity index (χ0n) is 12.2. The fourth-order valence-corrected chi connectivity index (χ4v) is 3.29. The quantitative estimate of drug-likeness (QED) is 0.854. The number of likely N-dealkylation sites (N-methyl/N-ethyl adjacent to an activating group) is 1. The second kappa shape index (κ2) is 6.40. The molecule has 1 N–H and O–H groups in total. The van der Waals surface area contributed by atoms with Crippen molar-refractivity contribution in [2.24, 2.45) is 0 Å². The molecule has 0 aromatic heterocycles. The normalized spacial score (nSPS) is 19.3. The maximum Gasteiger partial charge on any atom is 0.124 e. The van der Waals surface area contributed by atoms with Crippen molar-refractivity contribution in [2.75, 3.05) is 20.8 Å². The molecule has 1 saturated carbocycles. The fourth-order valence-electron chi connectivity index (χ4n) is 3.29. The molecule has 1 aromatic rings. The minimum absolute atomic E-state index is 0.0953. The van der Waals surface area contributed by atoms with Gasteiger partial charge < -0.3 is 14.8 Å². The van der Waals surface area contributed by atoms with Crippen LogP contribution in [0.25, 0.3) is 0 Å². The summed E-state index contributed by atoms with van der Waals surface area (Å²) in [6.45, 7) is 2.71. The first-order chi connectivity index (χ1) is 9.27. The van der Waals surface area contributed by atoms with Crippen LogP contribution in [0, 0.1) is 0 Å². The Morgan fingerprint density at radius 3 is 2.53 bits per heavy atom. The standard InChI is InChI=1S/C16H25NO2/c1-4-19-14-10-6-5-9-13(14)15(17-2)16(18-3)11-7-8-12-16/h5-6,9-10,15,17H,4,7-8,11-12H2,1-3H3. The maximum absolute atomic E-state index is 5.92. The van der Waals surface area contributed by atoms with E-state index < -0.39 is 0 Å². The van der Waals surface area contributed by atoms with Crippen molar-refractivity contribution >= 4 is 0 Å². The highest BCUT2D eigenvalue weighted by Crippen LogP contribution is 2.44. The average molecular weight is 263 g/mol. The predicted octanol–water partition coefficient (Wildman–Crippen LogP) is 3.31. The Labute approximate surface area is 116 Å². The number of benzene rings is 1. The topological polar surface area (TPSA) is 30.5 Å². The van der Waals surface area contributed by atoms with E-state index in [9.17, 15) is 0 Å². The van der Waals surface area contributed by atoms with E-state index >= 15 is 0 Å². The highest BCUT2D eigenvalue weighted by Gasteiger charge is 2.42. The smallest absolute Gasteiger partial charge is 0.124 e. The van der Waals surface area contributed by atoms with E-state index in [-0.39, 0.29) is 11.6 Å². The van der Waals surface area contributed by atoms with Crippen LogP contribution in [0.3, 0.4) is 0 Å². The van der Waals surface area contributed by atoms with E-state index in [1.54, 1.807) is 0 Å². The molecule has 1 unspecified atom stereocenters. The van der Waals surface area contributed by atoms with E-state index in [0.29, 0.717) is 6.61 Å². The highest BCUT2D eigenvalue weighted by molar-refractivity contribution is 5.38. The van der Waals surface area contributed by atoms with Gasteiger partial charge in [0.05, 0.1) is 18.2 Å². The van der Waals surface area contributed by atoms with Gasteiger partial charge in [0.15, 0.2) is 0 Å². The Hall–Kier alpha value is -1.06. The summed E-state index contributed by atoms with van der Waals surface area (Å²) in [5.41, 5.74) is 1.11. The van der Waals surface area contributed by atoms with Crippen molar-refractivity contribution in [1.29, 1.82) is 0 Å². The molecule has 0 saturated heterocycles. The molecule has 0 amide bonds. The molecule has 1 atom stereocenters. The third kappa shape index (κ3) is 2.77. The number of hydrogen-bond donors (Lipinski definition) is 1. The van der Waals surface area contributed by atoms with Gasteiger partial charge >= 0.3 is 0 Å². The molecule has 1 aliphatic carbocycles. The van der Waals surface area contributed by atoms with E-state index in [1.807, 2.05) is 33.2 Å². The largest absolute Gasteiger partial charge is 0.494 e. The van der Waals surface area contributed by atoms with Crippen LogP contribution in [-0.4, -0.2) is 26.4 Å². The van der Waals surface area contributed by atoms with Gasteiger partial charge in [0.1, 0.15) is 5.75 Å². The SMILES string of the molecule is CCOc1ccccc1C(NC)C1(OC)CCCC1. The zero-order chi connectivity index (χ0) is 13.7. The van der Waals surface area contributed by atoms with Gasteiger partial charge in [-0.2, -0.15) is 0 Å². The molecule has 0 radical (unpaired) electrons. The second-order valence-electron chi connectivity index (χ2n) is 5.17. The van der Waals surface area contributed by atoms with Gasteiger partial charge in [-0.15, -0.1) is 0 Å². The highest BCUT2D eigenvalue weighted by atomic mass is 16.5. The van der Waals surface area contributed by atoms with Crippen molar-refractivity contribution in [2.45, 2.75) is 44.2 Å². The van der Waals surface area contributed by atoms with Crippen molar-refractivity contribution in [3.8, 4) is 5.75 Å². The van der Waals surface area contributed by atoms with Gasteiger partial charge in [-0.25, -0.2) is 0 Å². The summed E-state index contributed by atoms with van der Waals surface area (Å²) < 4.78 is 11.7. The molecule has 2 rings (SSSR count). The lowest BCUT2D eigenvalue weighted by molar-refractivity contribution is -0.0354. The molecule has 3 nitrogen and oxygen atoms in total. The number of ether oxygens (including phenoxy) is 2. The minimum atomic E-state index is -0.0953. The minimum Gasteiger partial charge on any atom is -0.494 e. The van der Waals surface area contributed by atoms with Gasteiger partial charge in [0.2, 0.25) is 0 Å². The van der Waals surface area contributed by atoms with Crippen LogP contribution in [0.15, 0.2) is 24.3 Å². The van der Waals surface area contributed by atoms with Crippen LogP contribution in [-0.2, 0) is 4.74 Å². The number of hydrogen-bond acceptors (Lipinski definition) is 3. The molecule has 19 heavy (non-hydrogen) atoms. The number of methoxy groups -OCH3 is 1. The number of para-hydroxylation sites is 1. The molecule has 1 aliphatic rings. The lowest BCUT2D eigenvalue weighted by atomic mass is 9.86. The van der Waals surface area contributed by atoms with Gasteiger partial charge in [-0.05, 0) is 32.9 Å². The van der Waals surface area contributed by atoms with Gasteiger partial charge in [-0.3, -0.25) is 0 Å². The third-order valence-electron chi connectivity index (χ3n) is 4.20. The molecule has 0 bridgehead atoms. The first-order valence-electron chi connectivity index (χ1n) is 7.21. The zero-order valence-corrected chi connectivity index (χ0v) is 12.2. The fraction of sp³-hybridized carbons (Fsp3) is 0.625. The summed E-state index contributed by atoms with van der Waals surface area (Å²) in [7, 11) is 3.84. The van der Waals surface area contributed by atoms with Crippen LogP contribution in [0.4, 0.5) is 0 Å². The third-order valence-corrected chi connectivity index (χ3v) is 4.20. The van der Waals surface area contributed by atoms with E-state index in [2.05, 4.69) is 17.4 Å². The maximum atomic E-state index is 5.92. The van der Waals surface area contributed by atoms with E-state index in [1.165, 1.54) is 18.4 Å². The molecule has 0 spiro atoms. The number of nitrogens with one attached hydrogen (secondary N) is 1. The van der Waals surface area contributed by atoms with Gasteiger partial charge in [-0.1, -0.05) is 31.0 Å². The molecule has 0 heterocycles. The van der Waals surface area contributed by atoms with Crippen LogP contribution in [0.1, 0.15) is 44.2 Å². The van der Waals surface area contributed by atoms with Gasteiger partial charge in [0, 0.05) is 12.7 Å². The van der Waals surface area contributed by atoms with Crippen molar-refractivity contribution in [1.82, 2.24) is 5.32 Å². The van der Waals surface area contributed by atoms with Crippen LogP contribution in [0.2, 0.25) is 0 Å². The molecule has 1 aromatic carbocycles. The summed E-state index contributed by atoms with van der Waals surface area (Å²) in [4.78, 5) is 0.